The van der Waals surface area contributed by atoms with Crippen molar-refractivity contribution in [3.8, 4) is 0 Å². The standard InChI is InChI=1S/C15H23N/c1-11(2)16-10-13(4)9-15-7-6-12(3)8-14(15)5/h6-9,11,16H,10H2,1-5H3. The summed E-state index contributed by atoms with van der Waals surface area (Å²) in [5, 5.41) is 3.43. The fourth-order valence-electron chi connectivity index (χ4n) is 1.67. The van der Waals surface area contributed by atoms with Gasteiger partial charge >= 0.3 is 0 Å². The molecule has 1 heteroatoms. The van der Waals surface area contributed by atoms with E-state index in [-0.39, 0.29) is 0 Å². The zero-order chi connectivity index (χ0) is 12.1. The summed E-state index contributed by atoms with van der Waals surface area (Å²) in [6.07, 6.45) is 2.27. The highest BCUT2D eigenvalue weighted by atomic mass is 14.9. The maximum atomic E-state index is 3.43. The minimum Gasteiger partial charge on any atom is -0.311 e. The summed E-state index contributed by atoms with van der Waals surface area (Å²) < 4.78 is 0. The highest BCUT2D eigenvalue weighted by molar-refractivity contribution is 5.57. The molecule has 0 atom stereocenters. The van der Waals surface area contributed by atoms with Crippen molar-refractivity contribution in [1.29, 1.82) is 0 Å². The summed E-state index contributed by atoms with van der Waals surface area (Å²) in [4.78, 5) is 0. The van der Waals surface area contributed by atoms with Crippen molar-refractivity contribution in [1.82, 2.24) is 5.32 Å². The lowest BCUT2D eigenvalue weighted by molar-refractivity contribution is 0.623. The minimum absolute atomic E-state index is 0.544. The molecule has 0 aromatic heterocycles. The molecule has 0 aliphatic rings. The lowest BCUT2D eigenvalue weighted by Gasteiger charge is -2.09. The molecule has 0 spiro atoms. The Morgan fingerprint density at radius 3 is 2.56 bits per heavy atom. The van der Waals surface area contributed by atoms with Gasteiger partial charge in [0.1, 0.15) is 0 Å². The molecule has 0 heterocycles. The van der Waals surface area contributed by atoms with Crippen LogP contribution in [0.2, 0.25) is 0 Å². The largest absolute Gasteiger partial charge is 0.311 e. The molecule has 0 amide bonds. The van der Waals surface area contributed by atoms with Gasteiger partial charge < -0.3 is 5.32 Å². The van der Waals surface area contributed by atoms with Gasteiger partial charge in [-0.1, -0.05) is 49.3 Å². The third-order valence-corrected chi connectivity index (χ3v) is 2.62. The molecule has 1 rings (SSSR count). The Balaban J connectivity index is 2.74. The summed E-state index contributed by atoms with van der Waals surface area (Å²) in [7, 11) is 0. The fourth-order valence-corrected chi connectivity index (χ4v) is 1.67. The van der Waals surface area contributed by atoms with E-state index in [1.54, 1.807) is 0 Å². The SMILES string of the molecule is CC(=Cc1ccc(C)cc1C)CNC(C)C. The molecule has 1 N–H and O–H groups in total. The zero-order valence-electron chi connectivity index (χ0n) is 11.1. The summed E-state index contributed by atoms with van der Waals surface area (Å²) in [6.45, 7) is 11.8. The van der Waals surface area contributed by atoms with Crippen molar-refractivity contribution in [3.05, 3.63) is 40.5 Å². The van der Waals surface area contributed by atoms with Crippen LogP contribution in [0.1, 0.15) is 37.5 Å². The van der Waals surface area contributed by atoms with E-state index in [4.69, 9.17) is 0 Å². The van der Waals surface area contributed by atoms with Crippen LogP contribution in [0.4, 0.5) is 0 Å². The van der Waals surface area contributed by atoms with E-state index in [2.05, 4.69) is 64.2 Å². The van der Waals surface area contributed by atoms with Crippen molar-refractivity contribution >= 4 is 6.08 Å². The molecule has 1 aromatic rings. The van der Waals surface area contributed by atoms with Gasteiger partial charge in [0.05, 0.1) is 0 Å². The topological polar surface area (TPSA) is 12.0 Å². The number of hydrogen-bond donors (Lipinski definition) is 1. The van der Waals surface area contributed by atoms with Crippen LogP contribution in [-0.2, 0) is 0 Å². The summed E-state index contributed by atoms with van der Waals surface area (Å²) in [5.41, 5.74) is 5.38. The van der Waals surface area contributed by atoms with Gasteiger partial charge in [-0.2, -0.15) is 0 Å². The van der Waals surface area contributed by atoms with Crippen LogP contribution in [0.15, 0.2) is 23.8 Å². The average molecular weight is 217 g/mol. The predicted octanol–water partition coefficient (Wildman–Crippen LogP) is 3.70. The second-order valence-electron chi connectivity index (χ2n) is 4.89. The molecular weight excluding hydrogens is 194 g/mol. The zero-order valence-corrected chi connectivity index (χ0v) is 11.1. The number of aryl methyl sites for hydroxylation is 2. The first kappa shape index (κ1) is 13.0. The average Bonchev–Trinajstić information content (AvgIpc) is 2.19. The summed E-state index contributed by atoms with van der Waals surface area (Å²) >= 11 is 0. The van der Waals surface area contributed by atoms with Gasteiger partial charge in [0.15, 0.2) is 0 Å². The van der Waals surface area contributed by atoms with Gasteiger partial charge in [-0.25, -0.2) is 0 Å². The maximum absolute atomic E-state index is 3.43. The Labute approximate surface area is 99.6 Å². The Bertz CT molecular complexity index is 375. The van der Waals surface area contributed by atoms with Crippen LogP contribution in [0.5, 0.6) is 0 Å². The van der Waals surface area contributed by atoms with Crippen LogP contribution >= 0.6 is 0 Å². The molecule has 0 bridgehead atoms. The van der Waals surface area contributed by atoms with Gasteiger partial charge in [-0.15, -0.1) is 0 Å². The Kier molecular flexibility index (Phi) is 4.75. The first-order chi connectivity index (χ1) is 7.49. The molecule has 16 heavy (non-hydrogen) atoms. The molecule has 0 saturated carbocycles. The minimum atomic E-state index is 0.544. The Morgan fingerprint density at radius 1 is 1.31 bits per heavy atom. The lowest BCUT2D eigenvalue weighted by atomic mass is 10.0. The van der Waals surface area contributed by atoms with E-state index in [1.807, 2.05) is 0 Å². The molecule has 0 radical (unpaired) electrons. The maximum Gasteiger partial charge on any atom is 0.0167 e. The smallest absolute Gasteiger partial charge is 0.0167 e. The number of nitrogens with one attached hydrogen (secondary N) is 1. The molecule has 0 fully saturated rings. The third kappa shape index (κ3) is 4.19. The van der Waals surface area contributed by atoms with Crippen molar-refractivity contribution in [3.63, 3.8) is 0 Å². The highest BCUT2D eigenvalue weighted by Crippen LogP contribution is 2.14. The third-order valence-electron chi connectivity index (χ3n) is 2.62. The summed E-state index contributed by atoms with van der Waals surface area (Å²) in [5.74, 6) is 0. The van der Waals surface area contributed by atoms with E-state index < -0.39 is 0 Å². The molecule has 0 aliphatic carbocycles. The fraction of sp³-hybridized carbons (Fsp3) is 0.467. The van der Waals surface area contributed by atoms with Gasteiger partial charge in [0.2, 0.25) is 0 Å². The monoisotopic (exact) mass is 217 g/mol. The molecule has 0 saturated heterocycles. The van der Waals surface area contributed by atoms with Gasteiger partial charge in [-0.3, -0.25) is 0 Å². The van der Waals surface area contributed by atoms with Gasteiger partial charge in [0, 0.05) is 12.6 Å². The summed E-state index contributed by atoms with van der Waals surface area (Å²) in [6, 6.07) is 7.14. The first-order valence-corrected chi connectivity index (χ1v) is 5.97. The molecule has 0 aliphatic heterocycles. The van der Waals surface area contributed by atoms with E-state index in [1.165, 1.54) is 22.3 Å². The molecule has 88 valence electrons. The molecule has 0 unspecified atom stereocenters. The second kappa shape index (κ2) is 5.86. The quantitative estimate of drug-likeness (QED) is 0.810. The van der Waals surface area contributed by atoms with Crippen LogP contribution in [0.3, 0.4) is 0 Å². The van der Waals surface area contributed by atoms with Crippen LogP contribution in [0, 0.1) is 13.8 Å². The first-order valence-electron chi connectivity index (χ1n) is 5.97. The lowest BCUT2D eigenvalue weighted by Crippen LogP contribution is -2.24. The van der Waals surface area contributed by atoms with Crippen LogP contribution < -0.4 is 5.32 Å². The van der Waals surface area contributed by atoms with E-state index in [9.17, 15) is 0 Å². The van der Waals surface area contributed by atoms with Crippen LogP contribution in [-0.4, -0.2) is 12.6 Å². The second-order valence-corrected chi connectivity index (χ2v) is 4.89. The van der Waals surface area contributed by atoms with Gasteiger partial charge in [-0.05, 0) is 31.9 Å². The van der Waals surface area contributed by atoms with E-state index in [0.29, 0.717) is 6.04 Å². The van der Waals surface area contributed by atoms with E-state index in [0.717, 1.165) is 6.54 Å². The highest BCUT2D eigenvalue weighted by Gasteiger charge is 1.97. The van der Waals surface area contributed by atoms with Crippen molar-refractivity contribution in [2.45, 2.75) is 40.7 Å². The molecule has 1 nitrogen and oxygen atoms in total. The number of benzene rings is 1. The predicted molar refractivity (Wildman–Crippen MR) is 72.7 cm³/mol. The Morgan fingerprint density at radius 2 is 2.00 bits per heavy atom. The van der Waals surface area contributed by atoms with Crippen molar-refractivity contribution in [2.24, 2.45) is 0 Å². The normalized spacial score (nSPS) is 12.2. The number of hydrogen-bond acceptors (Lipinski definition) is 1. The number of rotatable bonds is 4. The van der Waals surface area contributed by atoms with Crippen LogP contribution in [0.25, 0.3) is 6.08 Å². The Hall–Kier alpha value is -1.08. The van der Waals surface area contributed by atoms with Gasteiger partial charge in [0.25, 0.3) is 0 Å². The molecule has 1 aromatic carbocycles. The van der Waals surface area contributed by atoms with Crippen molar-refractivity contribution < 1.29 is 0 Å². The van der Waals surface area contributed by atoms with E-state index >= 15 is 0 Å². The molecular formula is C15H23N. The van der Waals surface area contributed by atoms with Crippen molar-refractivity contribution in [2.75, 3.05) is 6.54 Å².